The molecule has 0 fully saturated rings. The fourth-order valence-corrected chi connectivity index (χ4v) is 4.61. The molecule has 3 heteroatoms. The summed E-state index contributed by atoms with van der Waals surface area (Å²) in [6.07, 6.45) is 0. The van der Waals surface area contributed by atoms with Gasteiger partial charge in [-0.15, -0.1) is 0 Å². The van der Waals surface area contributed by atoms with Gasteiger partial charge in [0.1, 0.15) is 0 Å². The lowest BCUT2D eigenvalue weighted by atomic mass is 9.96. The number of halogens is 1. The largest absolute Gasteiger partial charge is 0.386 e. The summed E-state index contributed by atoms with van der Waals surface area (Å²) in [5.74, 6) is 0. The zero-order valence-electron chi connectivity index (χ0n) is 16.9. The van der Waals surface area contributed by atoms with E-state index in [1.165, 1.54) is 21.9 Å². The van der Waals surface area contributed by atoms with Crippen molar-refractivity contribution in [2.24, 2.45) is 0 Å². The molecule has 1 N–H and O–H groups in total. The third kappa shape index (κ3) is 3.15. The zero-order valence-corrected chi connectivity index (χ0v) is 18.5. The second-order valence-corrected chi connectivity index (χ2v) is 9.09. The molecule has 0 amide bonds. The number of aliphatic hydroxyl groups is 1. The molecule has 0 radical (unpaired) electrons. The number of aromatic nitrogens is 1. The summed E-state index contributed by atoms with van der Waals surface area (Å²) in [6.45, 7) is 3.67. The Balaban J connectivity index is 1.88. The number of hydrogen-bond acceptors (Lipinski definition) is 1. The Kier molecular flexibility index (Phi) is 4.53. The van der Waals surface area contributed by atoms with Crippen LogP contribution in [0.5, 0.6) is 0 Å². The highest BCUT2D eigenvalue weighted by Gasteiger charge is 2.23. The van der Waals surface area contributed by atoms with Crippen molar-refractivity contribution < 1.29 is 5.11 Å². The van der Waals surface area contributed by atoms with Crippen LogP contribution in [0.4, 0.5) is 0 Å². The van der Waals surface area contributed by atoms with Crippen LogP contribution in [-0.4, -0.2) is 9.67 Å². The number of hydrogen-bond donors (Lipinski definition) is 1. The molecule has 0 saturated heterocycles. The summed E-state index contributed by atoms with van der Waals surface area (Å²) < 4.78 is 3.31. The van der Waals surface area contributed by atoms with E-state index in [4.69, 9.17) is 0 Å². The predicted octanol–water partition coefficient (Wildman–Crippen LogP) is 7.44. The van der Waals surface area contributed by atoms with Gasteiger partial charge in [-0.3, -0.25) is 0 Å². The van der Waals surface area contributed by atoms with Gasteiger partial charge in [0.25, 0.3) is 0 Å². The molecule has 30 heavy (non-hydrogen) atoms. The van der Waals surface area contributed by atoms with Gasteiger partial charge in [0.15, 0.2) is 0 Å². The SMILES string of the molecule is CC(C)(O)c1ccccc1-n1c2ccc(Br)cc2c2cc(-c3ccccc3)ccc21. The molecular weight excluding hydrogens is 434 g/mol. The van der Waals surface area contributed by atoms with Crippen molar-refractivity contribution in [3.63, 3.8) is 0 Å². The van der Waals surface area contributed by atoms with E-state index >= 15 is 0 Å². The van der Waals surface area contributed by atoms with Gasteiger partial charge in [0.2, 0.25) is 0 Å². The molecule has 0 aliphatic rings. The van der Waals surface area contributed by atoms with Crippen LogP contribution < -0.4 is 0 Å². The van der Waals surface area contributed by atoms with E-state index in [2.05, 4.69) is 87.2 Å². The quantitative estimate of drug-likeness (QED) is 0.300. The summed E-state index contributed by atoms with van der Waals surface area (Å²) in [4.78, 5) is 0. The zero-order chi connectivity index (χ0) is 20.9. The van der Waals surface area contributed by atoms with Crippen molar-refractivity contribution >= 4 is 37.7 Å². The summed E-state index contributed by atoms with van der Waals surface area (Å²) in [7, 11) is 0. The predicted molar refractivity (Wildman–Crippen MR) is 129 cm³/mol. The van der Waals surface area contributed by atoms with Gasteiger partial charge in [-0.25, -0.2) is 0 Å². The molecular formula is C27H22BrNO. The second-order valence-electron chi connectivity index (χ2n) is 8.17. The molecule has 4 aromatic carbocycles. The van der Waals surface area contributed by atoms with E-state index in [1.54, 1.807) is 0 Å². The second kappa shape index (κ2) is 7.12. The first kappa shape index (κ1) is 19.1. The average Bonchev–Trinajstić information content (AvgIpc) is 3.06. The minimum absolute atomic E-state index is 0.902. The normalized spacial score (nSPS) is 12.0. The Labute approximate surface area is 184 Å². The van der Waals surface area contributed by atoms with Crippen molar-refractivity contribution in [3.05, 3.63) is 101 Å². The minimum atomic E-state index is -0.946. The third-order valence-corrected chi connectivity index (χ3v) is 6.13. The van der Waals surface area contributed by atoms with E-state index in [-0.39, 0.29) is 0 Å². The molecule has 0 spiro atoms. The summed E-state index contributed by atoms with van der Waals surface area (Å²) >= 11 is 3.64. The molecule has 1 heterocycles. The standard InChI is InChI=1S/C27H22BrNO/c1-27(2,30)23-10-6-7-11-26(23)29-24-14-12-19(18-8-4-3-5-9-18)16-21(24)22-17-20(28)13-15-25(22)29/h3-17,30H,1-2H3. The first-order valence-electron chi connectivity index (χ1n) is 10.0. The van der Waals surface area contributed by atoms with Gasteiger partial charge in [0, 0.05) is 20.8 Å². The lowest BCUT2D eigenvalue weighted by molar-refractivity contribution is 0.0786. The van der Waals surface area contributed by atoms with Crippen LogP contribution >= 0.6 is 15.9 Å². The highest BCUT2D eigenvalue weighted by Crippen LogP contribution is 2.38. The molecule has 5 aromatic rings. The van der Waals surface area contributed by atoms with Gasteiger partial charge < -0.3 is 9.67 Å². The number of para-hydroxylation sites is 1. The van der Waals surface area contributed by atoms with Crippen LogP contribution in [0.25, 0.3) is 38.6 Å². The van der Waals surface area contributed by atoms with Gasteiger partial charge >= 0.3 is 0 Å². The summed E-state index contributed by atoms with van der Waals surface area (Å²) in [5, 5.41) is 13.2. The maximum atomic E-state index is 10.8. The van der Waals surface area contributed by atoms with Crippen LogP contribution in [0, 0.1) is 0 Å². The molecule has 0 bridgehead atoms. The first-order valence-corrected chi connectivity index (χ1v) is 10.8. The molecule has 0 aliphatic heterocycles. The number of fused-ring (bicyclic) bond motifs is 3. The molecule has 0 aliphatic carbocycles. The molecule has 0 unspecified atom stereocenters. The van der Waals surface area contributed by atoms with Crippen molar-refractivity contribution in [2.45, 2.75) is 19.4 Å². The van der Waals surface area contributed by atoms with Crippen molar-refractivity contribution in [3.8, 4) is 16.8 Å². The van der Waals surface area contributed by atoms with Crippen LogP contribution in [-0.2, 0) is 5.60 Å². The van der Waals surface area contributed by atoms with Crippen LogP contribution in [0.2, 0.25) is 0 Å². The Morgan fingerprint density at radius 2 is 1.33 bits per heavy atom. The van der Waals surface area contributed by atoms with Crippen molar-refractivity contribution in [2.75, 3.05) is 0 Å². The van der Waals surface area contributed by atoms with E-state index in [9.17, 15) is 5.11 Å². The summed E-state index contributed by atoms with van der Waals surface area (Å²) in [6, 6.07) is 31.6. The first-order chi connectivity index (χ1) is 14.4. The van der Waals surface area contributed by atoms with E-state index in [0.717, 1.165) is 26.8 Å². The third-order valence-electron chi connectivity index (χ3n) is 5.64. The topological polar surface area (TPSA) is 25.2 Å². The monoisotopic (exact) mass is 455 g/mol. The van der Waals surface area contributed by atoms with Crippen molar-refractivity contribution in [1.29, 1.82) is 0 Å². The maximum absolute atomic E-state index is 10.8. The Hall–Kier alpha value is -2.88. The van der Waals surface area contributed by atoms with Crippen LogP contribution in [0.3, 0.4) is 0 Å². The number of rotatable bonds is 3. The number of benzene rings is 4. The maximum Gasteiger partial charge on any atom is 0.0860 e. The fraction of sp³-hybridized carbons (Fsp3) is 0.111. The Bertz CT molecular complexity index is 1380. The molecule has 5 rings (SSSR count). The molecule has 0 saturated carbocycles. The molecule has 2 nitrogen and oxygen atoms in total. The smallest absolute Gasteiger partial charge is 0.0860 e. The summed E-state index contributed by atoms with van der Waals surface area (Å²) in [5.41, 5.74) is 5.59. The van der Waals surface area contributed by atoms with Gasteiger partial charge in [-0.1, -0.05) is 70.5 Å². The van der Waals surface area contributed by atoms with Gasteiger partial charge in [0.05, 0.1) is 22.3 Å². The van der Waals surface area contributed by atoms with E-state index in [1.807, 2.05) is 38.1 Å². The van der Waals surface area contributed by atoms with Gasteiger partial charge in [-0.2, -0.15) is 0 Å². The fourth-order valence-electron chi connectivity index (χ4n) is 4.25. The molecule has 1 aromatic heterocycles. The number of nitrogens with zero attached hydrogens (tertiary/aromatic N) is 1. The lowest BCUT2D eigenvalue weighted by Crippen LogP contribution is -2.18. The van der Waals surface area contributed by atoms with Gasteiger partial charge in [-0.05, 0) is 61.4 Å². The molecule has 0 atom stereocenters. The van der Waals surface area contributed by atoms with Crippen molar-refractivity contribution in [1.82, 2.24) is 4.57 Å². The van der Waals surface area contributed by atoms with Crippen LogP contribution in [0.1, 0.15) is 19.4 Å². The van der Waals surface area contributed by atoms with E-state index < -0.39 is 5.60 Å². The lowest BCUT2D eigenvalue weighted by Gasteiger charge is -2.23. The van der Waals surface area contributed by atoms with E-state index in [0.29, 0.717) is 0 Å². The molecule has 148 valence electrons. The highest BCUT2D eigenvalue weighted by molar-refractivity contribution is 9.10. The minimum Gasteiger partial charge on any atom is -0.386 e. The Morgan fingerprint density at radius 1 is 0.700 bits per heavy atom. The van der Waals surface area contributed by atoms with Crippen LogP contribution in [0.15, 0.2) is 95.5 Å². The Morgan fingerprint density at radius 3 is 2.07 bits per heavy atom. The highest BCUT2D eigenvalue weighted by atomic mass is 79.9. The average molecular weight is 456 g/mol.